The van der Waals surface area contributed by atoms with E-state index in [2.05, 4.69) is 21.2 Å². The average molecular weight is 402 g/mol. The minimum absolute atomic E-state index is 0.0494. The van der Waals surface area contributed by atoms with E-state index in [1.165, 1.54) is 30.5 Å². The molecular formula is C22H18N4O4. The Morgan fingerprint density at radius 2 is 1.53 bits per heavy atom. The Bertz CT molecular complexity index is 1100. The lowest BCUT2D eigenvalue weighted by Gasteiger charge is -2.11. The van der Waals surface area contributed by atoms with Crippen molar-refractivity contribution >= 4 is 35.3 Å². The molecule has 0 radical (unpaired) electrons. The van der Waals surface area contributed by atoms with Crippen LogP contribution < -0.4 is 16.1 Å². The number of amides is 3. The number of rotatable bonds is 5. The van der Waals surface area contributed by atoms with Crippen LogP contribution in [0.1, 0.15) is 15.9 Å². The van der Waals surface area contributed by atoms with E-state index >= 15 is 0 Å². The first-order chi connectivity index (χ1) is 14.5. The number of nitrogens with one attached hydrogen (secondary N) is 3. The van der Waals surface area contributed by atoms with Gasteiger partial charge in [0.25, 0.3) is 5.91 Å². The van der Waals surface area contributed by atoms with Crippen molar-refractivity contribution in [1.29, 1.82) is 0 Å². The number of anilines is 2. The van der Waals surface area contributed by atoms with E-state index < -0.39 is 17.7 Å². The fourth-order valence-corrected chi connectivity index (χ4v) is 2.51. The fraction of sp³-hybridized carbons (Fsp3) is 0. The monoisotopic (exact) mass is 402 g/mol. The summed E-state index contributed by atoms with van der Waals surface area (Å²) in [6, 6.07) is 21.4. The van der Waals surface area contributed by atoms with Gasteiger partial charge in [-0.3, -0.25) is 14.4 Å². The number of phenolic OH excluding ortho intramolecular Hbond substituents is 1. The highest BCUT2D eigenvalue weighted by atomic mass is 16.3. The molecule has 8 heteroatoms. The zero-order valence-corrected chi connectivity index (χ0v) is 15.7. The Kier molecular flexibility index (Phi) is 6.52. The molecule has 3 aromatic rings. The summed E-state index contributed by atoms with van der Waals surface area (Å²) in [7, 11) is 0. The molecule has 0 saturated heterocycles. The maximum atomic E-state index is 12.5. The SMILES string of the molecule is O=C(N/N=C\c1cccc(O)c1)C(=O)Nc1ccccc1C(=O)Nc1ccccc1. The van der Waals surface area contributed by atoms with Crippen molar-refractivity contribution in [2.24, 2.45) is 5.10 Å². The summed E-state index contributed by atoms with van der Waals surface area (Å²) in [6.45, 7) is 0. The molecule has 4 N–H and O–H groups in total. The fourth-order valence-electron chi connectivity index (χ4n) is 2.51. The number of carbonyl (C=O) groups excluding carboxylic acids is 3. The Hall–Kier alpha value is -4.46. The number of phenols is 1. The number of aromatic hydroxyl groups is 1. The summed E-state index contributed by atoms with van der Waals surface area (Å²) in [5, 5.41) is 18.2. The van der Waals surface area contributed by atoms with Crippen LogP contribution in [0.5, 0.6) is 5.75 Å². The van der Waals surface area contributed by atoms with Crippen LogP contribution in [-0.2, 0) is 9.59 Å². The van der Waals surface area contributed by atoms with Crippen LogP contribution in [0.2, 0.25) is 0 Å². The van der Waals surface area contributed by atoms with Crippen molar-refractivity contribution in [3.63, 3.8) is 0 Å². The molecule has 0 aliphatic carbocycles. The van der Waals surface area contributed by atoms with E-state index in [1.807, 2.05) is 6.07 Å². The molecule has 3 amide bonds. The minimum atomic E-state index is -1.01. The van der Waals surface area contributed by atoms with Gasteiger partial charge >= 0.3 is 11.8 Å². The van der Waals surface area contributed by atoms with Gasteiger partial charge < -0.3 is 15.7 Å². The number of nitrogens with zero attached hydrogens (tertiary/aromatic N) is 1. The minimum Gasteiger partial charge on any atom is -0.508 e. The summed E-state index contributed by atoms with van der Waals surface area (Å²) in [5.74, 6) is -2.37. The van der Waals surface area contributed by atoms with Gasteiger partial charge in [-0.25, -0.2) is 5.43 Å². The van der Waals surface area contributed by atoms with E-state index in [9.17, 15) is 19.5 Å². The normalized spacial score (nSPS) is 10.4. The molecule has 8 nitrogen and oxygen atoms in total. The first-order valence-corrected chi connectivity index (χ1v) is 8.92. The first-order valence-electron chi connectivity index (χ1n) is 8.92. The molecule has 3 rings (SSSR count). The summed E-state index contributed by atoms with van der Waals surface area (Å²) in [5.41, 5.74) is 3.62. The Labute approximate surface area is 172 Å². The predicted octanol–water partition coefficient (Wildman–Crippen LogP) is 2.73. The van der Waals surface area contributed by atoms with Crippen molar-refractivity contribution in [3.05, 3.63) is 90.0 Å². The number of benzene rings is 3. The molecule has 0 bridgehead atoms. The summed E-state index contributed by atoms with van der Waals surface area (Å²) < 4.78 is 0. The summed E-state index contributed by atoms with van der Waals surface area (Å²) >= 11 is 0. The van der Waals surface area contributed by atoms with Gasteiger partial charge in [0.05, 0.1) is 17.5 Å². The van der Waals surface area contributed by atoms with Gasteiger partial charge in [0.15, 0.2) is 0 Å². The summed E-state index contributed by atoms with van der Waals surface area (Å²) in [6.07, 6.45) is 1.28. The molecule has 0 atom stereocenters. The largest absolute Gasteiger partial charge is 0.508 e. The third-order valence-corrected chi connectivity index (χ3v) is 3.91. The second-order valence-corrected chi connectivity index (χ2v) is 6.11. The van der Waals surface area contributed by atoms with Gasteiger partial charge in [0.2, 0.25) is 0 Å². The highest BCUT2D eigenvalue weighted by Crippen LogP contribution is 2.17. The molecule has 0 aliphatic heterocycles. The topological polar surface area (TPSA) is 120 Å². The number of hydrogen-bond acceptors (Lipinski definition) is 5. The van der Waals surface area contributed by atoms with Gasteiger partial charge in [-0.1, -0.05) is 42.5 Å². The van der Waals surface area contributed by atoms with E-state index in [0.29, 0.717) is 11.3 Å². The highest BCUT2D eigenvalue weighted by Gasteiger charge is 2.17. The van der Waals surface area contributed by atoms with Gasteiger partial charge in [0.1, 0.15) is 5.75 Å². The Morgan fingerprint density at radius 1 is 0.800 bits per heavy atom. The van der Waals surface area contributed by atoms with Crippen molar-refractivity contribution in [2.45, 2.75) is 0 Å². The molecule has 0 saturated carbocycles. The molecule has 0 aromatic heterocycles. The zero-order valence-electron chi connectivity index (χ0n) is 15.7. The van der Waals surface area contributed by atoms with Crippen LogP contribution in [0, 0.1) is 0 Å². The second kappa shape index (κ2) is 9.65. The van der Waals surface area contributed by atoms with Gasteiger partial charge in [-0.2, -0.15) is 5.10 Å². The standard InChI is InChI=1S/C22H18N4O4/c27-17-10-6-7-15(13-17)14-23-26-22(30)21(29)25-19-12-5-4-11-18(19)20(28)24-16-8-2-1-3-9-16/h1-14,27H,(H,24,28)(H,25,29)(H,26,30)/b23-14-. The van der Waals surface area contributed by atoms with Crippen molar-refractivity contribution in [2.75, 3.05) is 10.6 Å². The molecule has 0 aliphatic rings. The molecule has 0 fully saturated rings. The van der Waals surface area contributed by atoms with Gasteiger partial charge in [0, 0.05) is 5.69 Å². The number of carbonyl (C=O) groups is 3. The van der Waals surface area contributed by atoms with Gasteiger partial charge in [-0.15, -0.1) is 0 Å². The average Bonchev–Trinajstić information content (AvgIpc) is 2.74. The lowest BCUT2D eigenvalue weighted by atomic mass is 10.1. The van der Waals surface area contributed by atoms with Crippen LogP contribution in [0.3, 0.4) is 0 Å². The number of para-hydroxylation sites is 2. The third-order valence-electron chi connectivity index (χ3n) is 3.91. The summed E-state index contributed by atoms with van der Waals surface area (Å²) in [4.78, 5) is 36.7. The van der Waals surface area contributed by atoms with Crippen molar-refractivity contribution in [3.8, 4) is 5.75 Å². The van der Waals surface area contributed by atoms with Crippen molar-refractivity contribution in [1.82, 2.24) is 5.43 Å². The number of hydrogen-bond donors (Lipinski definition) is 4. The Balaban J connectivity index is 1.63. The van der Waals surface area contributed by atoms with E-state index in [-0.39, 0.29) is 17.0 Å². The van der Waals surface area contributed by atoms with Crippen LogP contribution in [0.15, 0.2) is 84.0 Å². The lowest BCUT2D eigenvalue weighted by Crippen LogP contribution is -2.33. The smallest absolute Gasteiger partial charge is 0.329 e. The quantitative estimate of drug-likeness (QED) is 0.298. The molecule has 0 heterocycles. The van der Waals surface area contributed by atoms with Crippen LogP contribution >= 0.6 is 0 Å². The maximum absolute atomic E-state index is 12.5. The van der Waals surface area contributed by atoms with Crippen LogP contribution in [0.25, 0.3) is 0 Å². The Morgan fingerprint density at radius 3 is 2.30 bits per heavy atom. The third kappa shape index (κ3) is 5.52. The predicted molar refractivity (Wildman–Crippen MR) is 113 cm³/mol. The van der Waals surface area contributed by atoms with Crippen LogP contribution in [0.4, 0.5) is 11.4 Å². The molecule has 0 spiro atoms. The van der Waals surface area contributed by atoms with Crippen molar-refractivity contribution < 1.29 is 19.5 Å². The maximum Gasteiger partial charge on any atom is 0.329 e. The van der Waals surface area contributed by atoms with E-state index in [1.54, 1.807) is 48.5 Å². The molecule has 3 aromatic carbocycles. The van der Waals surface area contributed by atoms with E-state index in [4.69, 9.17) is 0 Å². The zero-order chi connectivity index (χ0) is 21.3. The van der Waals surface area contributed by atoms with Gasteiger partial charge in [-0.05, 0) is 42.0 Å². The second-order valence-electron chi connectivity index (χ2n) is 6.11. The number of hydrazone groups is 1. The molecule has 0 unspecified atom stereocenters. The van der Waals surface area contributed by atoms with E-state index in [0.717, 1.165) is 0 Å². The van der Waals surface area contributed by atoms with Crippen LogP contribution in [-0.4, -0.2) is 29.0 Å². The molecule has 30 heavy (non-hydrogen) atoms. The molecule has 150 valence electrons. The first kappa shape index (κ1) is 20.3. The highest BCUT2D eigenvalue weighted by molar-refractivity contribution is 6.40. The molecular weight excluding hydrogens is 384 g/mol. The lowest BCUT2D eigenvalue weighted by molar-refractivity contribution is -0.136.